The molecule has 1 aliphatic rings. The van der Waals surface area contributed by atoms with Gasteiger partial charge in [-0.3, -0.25) is 0 Å². The molecule has 0 amide bonds. The minimum absolute atomic E-state index is 0.539. The van der Waals surface area contributed by atoms with Crippen LogP contribution in [0.4, 0.5) is 0 Å². The molecule has 4 heteroatoms. The Hall–Kier alpha value is -1.42. The molecule has 1 atom stereocenters. The highest BCUT2D eigenvalue weighted by Crippen LogP contribution is 2.35. The quantitative estimate of drug-likeness (QED) is 0.869. The molecule has 0 aliphatic carbocycles. The number of ether oxygens (including phenoxy) is 3. The van der Waals surface area contributed by atoms with Gasteiger partial charge in [-0.1, -0.05) is 0 Å². The van der Waals surface area contributed by atoms with E-state index in [2.05, 4.69) is 5.32 Å². The van der Waals surface area contributed by atoms with E-state index < -0.39 is 0 Å². The Morgan fingerprint density at radius 3 is 2.28 bits per heavy atom. The Morgan fingerprint density at radius 2 is 1.72 bits per heavy atom. The lowest BCUT2D eigenvalue weighted by Crippen LogP contribution is -2.23. The Balaban J connectivity index is 2.26. The molecule has 4 nitrogen and oxygen atoms in total. The second-order valence-corrected chi connectivity index (χ2v) is 4.52. The molecule has 0 bridgehead atoms. The lowest BCUT2D eigenvalue weighted by Gasteiger charge is -2.16. The molecular weight excluding hydrogens is 230 g/mol. The summed E-state index contributed by atoms with van der Waals surface area (Å²) in [4.78, 5) is 0. The summed E-state index contributed by atoms with van der Waals surface area (Å²) >= 11 is 0. The molecule has 18 heavy (non-hydrogen) atoms. The van der Waals surface area contributed by atoms with Crippen molar-refractivity contribution in [2.24, 2.45) is 0 Å². The number of benzene rings is 1. The third-order valence-electron chi connectivity index (χ3n) is 3.42. The number of hydrogen-bond acceptors (Lipinski definition) is 4. The monoisotopic (exact) mass is 251 g/mol. The topological polar surface area (TPSA) is 39.7 Å². The van der Waals surface area contributed by atoms with Crippen molar-refractivity contribution in [3.63, 3.8) is 0 Å². The predicted molar refractivity (Wildman–Crippen MR) is 70.8 cm³/mol. The molecule has 2 rings (SSSR count). The van der Waals surface area contributed by atoms with Gasteiger partial charge in [-0.05, 0) is 37.4 Å². The molecule has 1 N–H and O–H groups in total. The number of nitrogens with one attached hydrogen (secondary N) is 1. The van der Waals surface area contributed by atoms with Crippen LogP contribution in [0.2, 0.25) is 0 Å². The van der Waals surface area contributed by atoms with Crippen molar-refractivity contribution >= 4 is 0 Å². The van der Waals surface area contributed by atoms with Gasteiger partial charge < -0.3 is 19.5 Å². The van der Waals surface area contributed by atoms with Gasteiger partial charge >= 0.3 is 0 Å². The van der Waals surface area contributed by atoms with Gasteiger partial charge in [-0.25, -0.2) is 0 Å². The third-order valence-corrected chi connectivity index (χ3v) is 3.42. The van der Waals surface area contributed by atoms with Crippen molar-refractivity contribution in [2.45, 2.75) is 25.3 Å². The standard InChI is InChI=1S/C14H21NO3/c1-16-12-9-14(18-3)13(17-2)8-10(12)7-11-5-4-6-15-11/h8-9,11,15H,4-7H2,1-3H3. The zero-order valence-electron chi connectivity index (χ0n) is 11.3. The molecule has 0 spiro atoms. The van der Waals surface area contributed by atoms with Crippen molar-refractivity contribution in [3.8, 4) is 17.2 Å². The average Bonchev–Trinajstić information content (AvgIpc) is 2.91. The van der Waals surface area contributed by atoms with Crippen LogP contribution in [0.25, 0.3) is 0 Å². The fourth-order valence-corrected chi connectivity index (χ4v) is 2.45. The van der Waals surface area contributed by atoms with E-state index in [0.717, 1.165) is 30.0 Å². The number of rotatable bonds is 5. The van der Waals surface area contributed by atoms with E-state index in [-0.39, 0.29) is 0 Å². The first-order chi connectivity index (χ1) is 8.78. The largest absolute Gasteiger partial charge is 0.496 e. The van der Waals surface area contributed by atoms with Gasteiger partial charge in [0.05, 0.1) is 21.3 Å². The maximum absolute atomic E-state index is 5.43. The van der Waals surface area contributed by atoms with Gasteiger partial charge in [0, 0.05) is 12.1 Å². The number of methoxy groups -OCH3 is 3. The SMILES string of the molecule is COc1cc(OC)c(OC)cc1CC1CCCN1. The number of hydrogen-bond donors (Lipinski definition) is 1. The van der Waals surface area contributed by atoms with Crippen molar-refractivity contribution < 1.29 is 14.2 Å². The Kier molecular flexibility index (Phi) is 4.31. The van der Waals surface area contributed by atoms with E-state index in [9.17, 15) is 0 Å². The summed E-state index contributed by atoms with van der Waals surface area (Å²) in [6, 6.07) is 4.44. The summed E-state index contributed by atoms with van der Waals surface area (Å²) in [5.41, 5.74) is 1.16. The molecule has 1 heterocycles. The highest BCUT2D eigenvalue weighted by atomic mass is 16.5. The molecule has 100 valence electrons. The fraction of sp³-hybridized carbons (Fsp3) is 0.571. The Bertz CT molecular complexity index is 400. The van der Waals surface area contributed by atoms with E-state index in [1.807, 2.05) is 12.1 Å². The van der Waals surface area contributed by atoms with Crippen LogP contribution in [0.15, 0.2) is 12.1 Å². The summed E-state index contributed by atoms with van der Waals surface area (Å²) in [6.07, 6.45) is 3.43. The summed E-state index contributed by atoms with van der Waals surface area (Å²) in [5.74, 6) is 2.32. The first kappa shape index (κ1) is 13.0. The van der Waals surface area contributed by atoms with Gasteiger partial charge in [0.25, 0.3) is 0 Å². The zero-order valence-corrected chi connectivity index (χ0v) is 11.3. The Morgan fingerprint density at radius 1 is 1.06 bits per heavy atom. The molecule has 1 saturated heterocycles. The smallest absolute Gasteiger partial charge is 0.164 e. The van der Waals surface area contributed by atoms with Gasteiger partial charge in [-0.15, -0.1) is 0 Å². The van der Waals surface area contributed by atoms with Gasteiger partial charge in [0.1, 0.15) is 5.75 Å². The normalized spacial score (nSPS) is 18.7. The van der Waals surface area contributed by atoms with Crippen LogP contribution >= 0.6 is 0 Å². The molecule has 1 fully saturated rings. The predicted octanol–water partition coefficient (Wildman–Crippen LogP) is 2.01. The summed E-state index contributed by atoms with van der Waals surface area (Å²) in [5, 5.41) is 3.49. The molecule has 0 saturated carbocycles. The lowest BCUT2D eigenvalue weighted by molar-refractivity contribution is 0.347. The van der Waals surface area contributed by atoms with Crippen molar-refractivity contribution in [3.05, 3.63) is 17.7 Å². The fourth-order valence-electron chi connectivity index (χ4n) is 2.45. The molecule has 1 aromatic carbocycles. The lowest BCUT2D eigenvalue weighted by atomic mass is 10.0. The molecule has 1 aliphatic heterocycles. The van der Waals surface area contributed by atoms with Crippen LogP contribution in [-0.4, -0.2) is 33.9 Å². The van der Waals surface area contributed by atoms with Gasteiger partial charge in [0.15, 0.2) is 11.5 Å². The highest BCUT2D eigenvalue weighted by Gasteiger charge is 2.18. The molecule has 0 radical (unpaired) electrons. The van der Waals surface area contributed by atoms with E-state index in [1.54, 1.807) is 21.3 Å². The van der Waals surface area contributed by atoms with Crippen molar-refractivity contribution in [2.75, 3.05) is 27.9 Å². The van der Waals surface area contributed by atoms with Crippen LogP contribution in [0, 0.1) is 0 Å². The maximum Gasteiger partial charge on any atom is 0.164 e. The first-order valence-corrected chi connectivity index (χ1v) is 6.30. The van der Waals surface area contributed by atoms with Crippen molar-refractivity contribution in [1.82, 2.24) is 5.32 Å². The average molecular weight is 251 g/mol. The summed E-state index contributed by atoms with van der Waals surface area (Å²) in [6.45, 7) is 1.11. The van der Waals surface area contributed by atoms with Crippen LogP contribution in [0.3, 0.4) is 0 Å². The summed E-state index contributed by atoms with van der Waals surface area (Å²) in [7, 11) is 4.98. The van der Waals surface area contributed by atoms with E-state index in [4.69, 9.17) is 14.2 Å². The van der Waals surface area contributed by atoms with Crippen LogP contribution in [0.5, 0.6) is 17.2 Å². The highest BCUT2D eigenvalue weighted by molar-refractivity contribution is 5.51. The molecule has 1 aromatic rings. The van der Waals surface area contributed by atoms with Crippen molar-refractivity contribution in [1.29, 1.82) is 0 Å². The molecular formula is C14H21NO3. The van der Waals surface area contributed by atoms with E-state index >= 15 is 0 Å². The van der Waals surface area contributed by atoms with Crippen LogP contribution in [0.1, 0.15) is 18.4 Å². The van der Waals surface area contributed by atoms with E-state index in [1.165, 1.54) is 12.8 Å². The minimum atomic E-state index is 0.539. The summed E-state index contributed by atoms with van der Waals surface area (Å²) < 4.78 is 16.1. The minimum Gasteiger partial charge on any atom is -0.496 e. The maximum atomic E-state index is 5.43. The van der Waals surface area contributed by atoms with Crippen LogP contribution < -0.4 is 19.5 Å². The Labute approximate surface area is 108 Å². The first-order valence-electron chi connectivity index (χ1n) is 6.30. The van der Waals surface area contributed by atoms with Gasteiger partial charge in [0.2, 0.25) is 0 Å². The van der Waals surface area contributed by atoms with Crippen LogP contribution in [-0.2, 0) is 6.42 Å². The van der Waals surface area contributed by atoms with E-state index in [0.29, 0.717) is 11.8 Å². The third kappa shape index (κ3) is 2.70. The van der Waals surface area contributed by atoms with Gasteiger partial charge in [-0.2, -0.15) is 0 Å². The second kappa shape index (κ2) is 5.96. The second-order valence-electron chi connectivity index (χ2n) is 4.52. The molecule has 1 unspecified atom stereocenters. The molecule has 0 aromatic heterocycles. The zero-order chi connectivity index (χ0) is 13.0.